The van der Waals surface area contributed by atoms with Crippen LogP contribution in [0, 0.1) is 6.92 Å². The van der Waals surface area contributed by atoms with Gasteiger partial charge in [-0.1, -0.05) is 36.0 Å². The Kier molecular flexibility index (Phi) is 4.07. The van der Waals surface area contributed by atoms with Gasteiger partial charge in [-0.2, -0.15) is 0 Å². The van der Waals surface area contributed by atoms with Gasteiger partial charge >= 0.3 is 0 Å². The van der Waals surface area contributed by atoms with Crippen molar-refractivity contribution >= 4 is 11.8 Å². The van der Waals surface area contributed by atoms with Crippen molar-refractivity contribution in [2.45, 2.75) is 17.8 Å². The van der Waals surface area contributed by atoms with Crippen LogP contribution in [-0.2, 0) is 5.75 Å². The fraction of sp³-hybridized carbons (Fsp3) is 0.133. The highest BCUT2D eigenvalue weighted by atomic mass is 32.2. The third kappa shape index (κ3) is 3.07. The van der Waals surface area contributed by atoms with Crippen molar-refractivity contribution in [2.24, 2.45) is 0 Å². The van der Waals surface area contributed by atoms with E-state index in [-0.39, 0.29) is 0 Å². The SMILES string of the molecule is Cc1ccccc1-c1nnc(SCc2cc(=O)c(O)co2)n1N. The summed E-state index contributed by atoms with van der Waals surface area (Å²) >= 11 is 1.29. The highest BCUT2D eigenvalue weighted by Gasteiger charge is 2.14. The van der Waals surface area contributed by atoms with Crippen molar-refractivity contribution in [2.75, 3.05) is 5.84 Å². The zero-order valence-corrected chi connectivity index (χ0v) is 13.1. The number of hydrogen-bond acceptors (Lipinski definition) is 7. The van der Waals surface area contributed by atoms with E-state index in [0.29, 0.717) is 22.5 Å². The van der Waals surface area contributed by atoms with Gasteiger partial charge in [0.2, 0.25) is 10.6 Å². The van der Waals surface area contributed by atoms with Crippen LogP contribution in [0.25, 0.3) is 11.4 Å². The van der Waals surface area contributed by atoms with Crippen LogP contribution in [0.4, 0.5) is 0 Å². The highest BCUT2D eigenvalue weighted by molar-refractivity contribution is 7.98. The second-order valence-corrected chi connectivity index (χ2v) is 5.82. The first-order chi connectivity index (χ1) is 11.1. The fourth-order valence-electron chi connectivity index (χ4n) is 2.04. The van der Waals surface area contributed by atoms with Crippen LogP contribution in [0.3, 0.4) is 0 Å². The average molecular weight is 330 g/mol. The summed E-state index contributed by atoms with van der Waals surface area (Å²) in [6.07, 6.45) is 1.02. The van der Waals surface area contributed by atoms with Crippen molar-refractivity contribution in [1.82, 2.24) is 14.9 Å². The van der Waals surface area contributed by atoms with Crippen molar-refractivity contribution in [3.05, 3.63) is 58.1 Å². The lowest BCUT2D eigenvalue weighted by molar-refractivity contribution is 0.419. The molecule has 0 aliphatic carbocycles. The van der Waals surface area contributed by atoms with Gasteiger partial charge in [0.15, 0.2) is 11.6 Å². The summed E-state index contributed by atoms with van der Waals surface area (Å²) in [6.45, 7) is 1.97. The monoisotopic (exact) mass is 330 g/mol. The quantitative estimate of drug-likeness (QED) is 0.556. The molecule has 0 aliphatic rings. The lowest BCUT2D eigenvalue weighted by atomic mass is 10.1. The number of benzene rings is 1. The van der Waals surface area contributed by atoms with Crippen LogP contribution >= 0.6 is 11.8 Å². The first-order valence-corrected chi connectivity index (χ1v) is 7.75. The Hall–Kier alpha value is -2.74. The van der Waals surface area contributed by atoms with Crippen LogP contribution in [0.1, 0.15) is 11.3 Å². The maximum atomic E-state index is 11.4. The number of nitrogen functional groups attached to an aromatic ring is 1. The molecule has 3 aromatic rings. The molecule has 23 heavy (non-hydrogen) atoms. The van der Waals surface area contributed by atoms with Crippen LogP contribution in [0.2, 0.25) is 0 Å². The molecule has 0 saturated heterocycles. The maximum absolute atomic E-state index is 11.4. The smallest absolute Gasteiger partial charge is 0.226 e. The maximum Gasteiger partial charge on any atom is 0.226 e. The van der Waals surface area contributed by atoms with Gasteiger partial charge in [0.1, 0.15) is 12.0 Å². The predicted octanol–water partition coefficient (Wildman–Crippen LogP) is 1.92. The van der Waals surface area contributed by atoms with Crippen molar-refractivity contribution in [3.63, 3.8) is 0 Å². The molecule has 0 fully saturated rings. The van der Waals surface area contributed by atoms with Gasteiger partial charge in [0, 0.05) is 11.6 Å². The van der Waals surface area contributed by atoms with Gasteiger partial charge in [-0.15, -0.1) is 10.2 Å². The Morgan fingerprint density at radius 2 is 2.13 bits per heavy atom. The highest BCUT2D eigenvalue weighted by Crippen LogP contribution is 2.25. The molecule has 0 aliphatic heterocycles. The van der Waals surface area contributed by atoms with E-state index in [1.807, 2.05) is 31.2 Å². The van der Waals surface area contributed by atoms with Crippen LogP contribution in [-0.4, -0.2) is 20.0 Å². The van der Waals surface area contributed by atoms with E-state index in [9.17, 15) is 4.79 Å². The van der Waals surface area contributed by atoms with E-state index in [1.54, 1.807) is 0 Å². The van der Waals surface area contributed by atoms with E-state index in [0.717, 1.165) is 17.4 Å². The number of aryl methyl sites for hydroxylation is 1. The Labute approximate surface area is 135 Å². The zero-order chi connectivity index (χ0) is 16.4. The lowest BCUT2D eigenvalue weighted by Crippen LogP contribution is -2.12. The molecule has 2 aromatic heterocycles. The molecule has 0 amide bonds. The molecular formula is C15H14N4O3S. The minimum atomic E-state index is -0.485. The van der Waals surface area contributed by atoms with Gasteiger partial charge < -0.3 is 15.4 Å². The summed E-state index contributed by atoms with van der Waals surface area (Å²) in [4.78, 5) is 11.4. The summed E-state index contributed by atoms with van der Waals surface area (Å²) in [6, 6.07) is 8.99. The summed E-state index contributed by atoms with van der Waals surface area (Å²) in [5.41, 5.74) is 1.47. The molecule has 0 saturated carbocycles. The number of rotatable bonds is 4. The molecule has 0 radical (unpaired) electrons. The van der Waals surface area contributed by atoms with Gasteiger partial charge in [-0.25, -0.2) is 4.68 Å². The topological polar surface area (TPSA) is 107 Å². The number of aromatic hydroxyl groups is 1. The minimum Gasteiger partial charge on any atom is -0.502 e. The molecule has 0 atom stereocenters. The predicted molar refractivity (Wildman–Crippen MR) is 86.5 cm³/mol. The van der Waals surface area contributed by atoms with E-state index in [2.05, 4.69) is 10.2 Å². The van der Waals surface area contributed by atoms with Crippen LogP contribution in [0.15, 0.2) is 51.0 Å². The van der Waals surface area contributed by atoms with Gasteiger partial charge in [-0.05, 0) is 12.5 Å². The summed E-state index contributed by atoms with van der Waals surface area (Å²) in [7, 11) is 0. The molecule has 0 spiro atoms. The largest absolute Gasteiger partial charge is 0.502 e. The Bertz CT molecular complexity index is 904. The summed E-state index contributed by atoms with van der Waals surface area (Å²) in [5.74, 6) is 6.97. The summed E-state index contributed by atoms with van der Waals surface area (Å²) in [5, 5.41) is 17.9. The molecule has 118 valence electrons. The standard InChI is InChI=1S/C15H14N4O3S/c1-9-4-2-3-5-11(9)14-17-18-15(19(14)16)23-8-10-6-12(20)13(21)7-22-10/h2-7,21H,8,16H2,1H3. The molecule has 0 bridgehead atoms. The van der Waals surface area contributed by atoms with E-state index in [1.165, 1.54) is 22.5 Å². The molecule has 2 heterocycles. The van der Waals surface area contributed by atoms with Crippen molar-refractivity contribution in [1.29, 1.82) is 0 Å². The first-order valence-electron chi connectivity index (χ1n) is 6.76. The van der Waals surface area contributed by atoms with Gasteiger partial charge in [-0.3, -0.25) is 4.79 Å². The van der Waals surface area contributed by atoms with Crippen molar-refractivity contribution < 1.29 is 9.52 Å². The third-order valence-corrected chi connectivity index (χ3v) is 4.23. The average Bonchev–Trinajstić information content (AvgIpc) is 2.90. The summed E-state index contributed by atoms with van der Waals surface area (Å²) < 4.78 is 6.55. The van der Waals surface area contributed by atoms with Crippen LogP contribution < -0.4 is 11.3 Å². The minimum absolute atomic E-state index is 0.346. The van der Waals surface area contributed by atoms with E-state index < -0.39 is 11.2 Å². The Balaban J connectivity index is 1.81. The molecule has 7 nitrogen and oxygen atoms in total. The number of nitrogens with zero attached hydrogens (tertiary/aromatic N) is 3. The zero-order valence-electron chi connectivity index (χ0n) is 12.3. The van der Waals surface area contributed by atoms with Gasteiger partial charge in [0.05, 0.1) is 5.75 Å². The molecule has 0 unspecified atom stereocenters. The first kappa shape index (κ1) is 15.2. The second-order valence-electron chi connectivity index (χ2n) is 4.88. The molecule has 1 aromatic carbocycles. The molecule has 3 rings (SSSR count). The number of nitrogens with two attached hydrogens (primary N) is 1. The number of hydrogen-bond donors (Lipinski definition) is 2. The Morgan fingerprint density at radius 3 is 2.87 bits per heavy atom. The molecule has 3 N–H and O–H groups in total. The molecular weight excluding hydrogens is 316 g/mol. The van der Waals surface area contributed by atoms with E-state index >= 15 is 0 Å². The van der Waals surface area contributed by atoms with Gasteiger partial charge in [0.25, 0.3) is 0 Å². The van der Waals surface area contributed by atoms with Crippen LogP contribution in [0.5, 0.6) is 5.75 Å². The van der Waals surface area contributed by atoms with Crippen molar-refractivity contribution in [3.8, 4) is 17.1 Å². The lowest BCUT2D eigenvalue weighted by Gasteiger charge is -2.05. The second kappa shape index (κ2) is 6.17. The normalized spacial score (nSPS) is 10.8. The molecule has 8 heteroatoms. The Morgan fingerprint density at radius 1 is 1.35 bits per heavy atom. The number of thioether (sulfide) groups is 1. The number of aromatic nitrogens is 3. The third-order valence-electron chi connectivity index (χ3n) is 3.26. The fourth-order valence-corrected chi connectivity index (χ4v) is 2.78. The van der Waals surface area contributed by atoms with E-state index in [4.69, 9.17) is 15.4 Å².